The van der Waals surface area contributed by atoms with E-state index in [2.05, 4.69) is 50.3 Å². The Labute approximate surface area is 113 Å². The summed E-state index contributed by atoms with van der Waals surface area (Å²) >= 11 is 0. The Bertz CT molecular complexity index is 387. The molecule has 1 nitrogen and oxygen atoms in total. The fourth-order valence-corrected chi connectivity index (χ4v) is 6.99. The molecule has 0 spiro atoms. The van der Waals surface area contributed by atoms with Crippen LogP contribution in [0.2, 0.25) is 19.1 Å². The topological polar surface area (TPSA) is 9.23 Å². The van der Waals surface area contributed by atoms with Crippen LogP contribution in [-0.2, 0) is 11.2 Å². The van der Waals surface area contributed by atoms with E-state index in [1.165, 1.54) is 30.9 Å². The molecule has 1 aromatic rings. The van der Waals surface area contributed by atoms with E-state index in [4.69, 9.17) is 4.74 Å². The SMILES string of the molecule is COC1(C)C(Cc2ccccc2)CCC[Si]1(C)C. The lowest BCUT2D eigenvalue weighted by molar-refractivity contribution is 0.00675. The maximum absolute atomic E-state index is 6.04. The van der Waals surface area contributed by atoms with Crippen LogP contribution >= 0.6 is 0 Å². The molecule has 18 heavy (non-hydrogen) atoms. The van der Waals surface area contributed by atoms with Gasteiger partial charge >= 0.3 is 0 Å². The third-order valence-electron chi connectivity index (χ3n) is 5.23. The minimum atomic E-state index is -1.28. The van der Waals surface area contributed by atoms with Crippen LogP contribution in [0.1, 0.15) is 25.3 Å². The smallest absolute Gasteiger partial charge is 0.0854 e. The van der Waals surface area contributed by atoms with Crippen LogP contribution in [0.5, 0.6) is 0 Å². The maximum Gasteiger partial charge on any atom is 0.0854 e. The van der Waals surface area contributed by atoms with Crippen molar-refractivity contribution in [2.24, 2.45) is 5.92 Å². The lowest BCUT2D eigenvalue weighted by Crippen LogP contribution is -2.61. The molecule has 0 radical (unpaired) electrons. The molecule has 1 fully saturated rings. The van der Waals surface area contributed by atoms with E-state index in [9.17, 15) is 0 Å². The fourth-order valence-electron chi connectivity index (χ4n) is 3.51. The van der Waals surface area contributed by atoms with Gasteiger partial charge in [-0.2, -0.15) is 0 Å². The molecule has 2 unspecified atom stereocenters. The van der Waals surface area contributed by atoms with Crippen molar-refractivity contribution in [3.63, 3.8) is 0 Å². The minimum absolute atomic E-state index is 0.126. The van der Waals surface area contributed by atoms with Gasteiger partial charge in [0.15, 0.2) is 0 Å². The first-order chi connectivity index (χ1) is 8.49. The van der Waals surface area contributed by atoms with Gasteiger partial charge in [0.25, 0.3) is 0 Å². The quantitative estimate of drug-likeness (QED) is 0.738. The molecule has 1 heterocycles. The van der Waals surface area contributed by atoms with Crippen LogP contribution in [0.3, 0.4) is 0 Å². The van der Waals surface area contributed by atoms with Crippen LogP contribution in [-0.4, -0.2) is 20.4 Å². The third-order valence-corrected chi connectivity index (χ3v) is 10.1. The third kappa shape index (κ3) is 2.41. The first-order valence-corrected chi connectivity index (χ1v) is 10.3. The van der Waals surface area contributed by atoms with Gasteiger partial charge in [-0.05, 0) is 31.2 Å². The predicted molar refractivity (Wildman–Crippen MR) is 80.6 cm³/mol. The van der Waals surface area contributed by atoms with Crippen molar-refractivity contribution in [1.29, 1.82) is 0 Å². The fraction of sp³-hybridized carbons (Fsp3) is 0.625. The molecule has 0 bridgehead atoms. The van der Waals surface area contributed by atoms with Gasteiger partial charge < -0.3 is 4.74 Å². The molecule has 0 aliphatic carbocycles. The number of benzene rings is 1. The van der Waals surface area contributed by atoms with E-state index in [0.29, 0.717) is 5.92 Å². The summed E-state index contributed by atoms with van der Waals surface area (Å²) in [4.78, 5) is 0. The normalized spacial score (nSPS) is 31.2. The molecule has 0 N–H and O–H groups in total. The Kier molecular flexibility index (Phi) is 3.98. The molecule has 1 aliphatic heterocycles. The second kappa shape index (κ2) is 5.18. The number of hydrogen-bond acceptors (Lipinski definition) is 1. The highest BCUT2D eigenvalue weighted by Crippen LogP contribution is 2.43. The summed E-state index contributed by atoms with van der Waals surface area (Å²) in [6, 6.07) is 12.3. The highest BCUT2D eigenvalue weighted by Gasteiger charge is 2.50. The molecule has 2 rings (SSSR count). The second-order valence-electron chi connectivity index (χ2n) is 6.47. The van der Waals surface area contributed by atoms with Crippen molar-refractivity contribution in [1.82, 2.24) is 0 Å². The molecule has 0 amide bonds. The first kappa shape index (κ1) is 13.8. The Morgan fingerprint density at radius 3 is 2.56 bits per heavy atom. The van der Waals surface area contributed by atoms with Gasteiger partial charge in [-0.1, -0.05) is 55.9 Å². The number of hydrogen-bond donors (Lipinski definition) is 0. The molecule has 1 aromatic carbocycles. The van der Waals surface area contributed by atoms with Crippen molar-refractivity contribution in [2.45, 2.75) is 50.5 Å². The lowest BCUT2D eigenvalue weighted by Gasteiger charge is -2.51. The van der Waals surface area contributed by atoms with Crippen LogP contribution < -0.4 is 0 Å². The van der Waals surface area contributed by atoms with Crippen LogP contribution in [0.25, 0.3) is 0 Å². The summed E-state index contributed by atoms with van der Waals surface area (Å²) in [6.45, 7) is 7.35. The highest BCUT2D eigenvalue weighted by molar-refractivity contribution is 6.80. The summed E-state index contributed by atoms with van der Waals surface area (Å²) in [7, 11) is 0.631. The molecule has 2 heteroatoms. The van der Waals surface area contributed by atoms with Gasteiger partial charge in [0, 0.05) is 7.11 Å². The largest absolute Gasteiger partial charge is 0.382 e. The average molecular weight is 262 g/mol. The standard InChI is InChI=1S/C16H26OSi/c1-16(17-2)15(11-8-12-18(16,3)4)13-14-9-6-5-7-10-14/h5-7,9-10,15H,8,11-13H2,1-4H3. The average Bonchev–Trinajstić information content (AvgIpc) is 2.36. The molecule has 0 aromatic heterocycles. The Morgan fingerprint density at radius 1 is 1.28 bits per heavy atom. The summed E-state index contributed by atoms with van der Waals surface area (Å²) in [6.07, 6.45) is 3.87. The molecule has 2 atom stereocenters. The van der Waals surface area contributed by atoms with E-state index < -0.39 is 8.07 Å². The van der Waals surface area contributed by atoms with Crippen molar-refractivity contribution < 1.29 is 4.74 Å². The van der Waals surface area contributed by atoms with Crippen molar-refractivity contribution >= 4 is 8.07 Å². The second-order valence-corrected chi connectivity index (χ2v) is 11.7. The molecular weight excluding hydrogens is 236 g/mol. The summed E-state index contributed by atoms with van der Waals surface area (Å²) in [5, 5.41) is 0.126. The number of methoxy groups -OCH3 is 1. The predicted octanol–water partition coefficient (Wildman–Crippen LogP) is 4.29. The monoisotopic (exact) mass is 262 g/mol. The molecule has 1 saturated heterocycles. The number of ether oxygens (including phenoxy) is 1. The van der Waals surface area contributed by atoms with E-state index in [0.717, 1.165) is 0 Å². The van der Waals surface area contributed by atoms with Crippen LogP contribution in [0.15, 0.2) is 30.3 Å². The van der Waals surface area contributed by atoms with E-state index in [-0.39, 0.29) is 5.22 Å². The summed E-state index contributed by atoms with van der Waals surface area (Å²) in [5.41, 5.74) is 1.46. The Hall–Kier alpha value is -0.603. The highest BCUT2D eigenvalue weighted by atomic mass is 28.3. The minimum Gasteiger partial charge on any atom is -0.382 e. The first-order valence-electron chi connectivity index (χ1n) is 7.09. The molecule has 1 aliphatic rings. The zero-order valence-electron chi connectivity index (χ0n) is 12.2. The Morgan fingerprint density at radius 2 is 1.94 bits per heavy atom. The maximum atomic E-state index is 6.04. The van der Waals surface area contributed by atoms with Crippen LogP contribution in [0.4, 0.5) is 0 Å². The molecule has 100 valence electrons. The Balaban J connectivity index is 2.21. The van der Waals surface area contributed by atoms with Gasteiger partial charge in [-0.15, -0.1) is 0 Å². The molecule has 0 saturated carbocycles. The van der Waals surface area contributed by atoms with Crippen LogP contribution in [0, 0.1) is 5.92 Å². The van der Waals surface area contributed by atoms with Gasteiger partial charge in [-0.3, -0.25) is 0 Å². The van der Waals surface area contributed by atoms with Crippen molar-refractivity contribution in [3.05, 3.63) is 35.9 Å². The lowest BCUT2D eigenvalue weighted by atomic mass is 9.89. The van der Waals surface area contributed by atoms with E-state index >= 15 is 0 Å². The zero-order valence-corrected chi connectivity index (χ0v) is 13.2. The van der Waals surface area contributed by atoms with Gasteiger partial charge in [0.2, 0.25) is 0 Å². The zero-order chi connectivity index (χ0) is 13.2. The van der Waals surface area contributed by atoms with E-state index in [1.807, 2.05) is 7.11 Å². The number of rotatable bonds is 3. The summed E-state index contributed by atoms with van der Waals surface area (Å²) < 4.78 is 6.04. The van der Waals surface area contributed by atoms with E-state index in [1.54, 1.807) is 0 Å². The molecular formula is C16H26OSi. The summed E-state index contributed by atoms with van der Waals surface area (Å²) in [5.74, 6) is 0.681. The van der Waals surface area contributed by atoms with Crippen molar-refractivity contribution in [2.75, 3.05) is 7.11 Å². The van der Waals surface area contributed by atoms with Gasteiger partial charge in [-0.25, -0.2) is 0 Å². The van der Waals surface area contributed by atoms with Gasteiger partial charge in [0.1, 0.15) is 0 Å². The van der Waals surface area contributed by atoms with Crippen molar-refractivity contribution in [3.8, 4) is 0 Å². The van der Waals surface area contributed by atoms with Gasteiger partial charge in [0.05, 0.1) is 13.3 Å².